The molecule has 0 saturated carbocycles. The van der Waals surface area contributed by atoms with Crippen LogP contribution in [0.15, 0.2) is 12.3 Å². The summed E-state index contributed by atoms with van der Waals surface area (Å²) in [6.07, 6.45) is -4.85. The SMILES string of the molecule is COc1ccn([C@H]2O[C@H](CO)[C@@H](O)[C@H](O)[C@@H]2O)c(=S)n1. The van der Waals surface area contributed by atoms with Crippen molar-refractivity contribution in [2.24, 2.45) is 0 Å². The van der Waals surface area contributed by atoms with Crippen molar-refractivity contribution in [1.82, 2.24) is 9.55 Å². The highest BCUT2D eigenvalue weighted by molar-refractivity contribution is 7.71. The summed E-state index contributed by atoms with van der Waals surface area (Å²) in [5.41, 5.74) is 0. The summed E-state index contributed by atoms with van der Waals surface area (Å²) in [5, 5.41) is 38.6. The van der Waals surface area contributed by atoms with Crippen molar-refractivity contribution < 1.29 is 29.9 Å². The smallest absolute Gasteiger partial charge is 0.217 e. The Balaban J connectivity index is 2.33. The maximum absolute atomic E-state index is 9.98. The molecule has 20 heavy (non-hydrogen) atoms. The molecule has 1 aromatic heterocycles. The number of methoxy groups -OCH3 is 1. The van der Waals surface area contributed by atoms with E-state index in [4.69, 9.17) is 26.8 Å². The van der Waals surface area contributed by atoms with Gasteiger partial charge in [0.15, 0.2) is 6.23 Å². The molecule has 112 valence electrons. The normalized spacial score (nSPS) is 34.0. The molecule has 1 saturated heterocycles. The molecule has 0 unspecified atom stereocenters. The number of aliphatic hydroxyl groups excluding tert-OH is 4. The second-order valence-electron chi connectivity index (χ2n) is 4.38. The Morgan fingerprint density at radius 1 is 1.35 bits per heavy atom. The van der Waals surface area contributed by atoms with Gasteiger partial charge < -0.3 is 29.9 Å². The third kappa shape index (κ3) is 2.68. The molecule has 1 aromatic rings. The van der Waals surface area contributed by atoms with E-state index in [2.05, 4.69) is 4.98 Å². The Hall–Kier alpha value is -1.10. The molecule has 2 rings (SSSR count). The van der Waals surface area contributed by atoms with Gasteiger partial charge in [-0.25, -0.2) is 0 Å². The summed E-state index contributed by atoms with van der Waals surface area (Å²) in [6, 6.07) is 1.51. The quantitative estimate of drug-likeness (QED) is 0.503. The second kappa shape index (κ2) is 6.12. The molecule has 4 N–H and O–H groups in total. The fourth-order valence-corrected chi connectivity index (χ4v) is 2.27. The van der Waals surface area contributed by atoms with Crippen LogP contribution in [0.25, 0.3) is 0 Å². The minimum Gasteiger partial charge on any atom is -0.481 e. The number of aromatic nitrogens is 2. The van der Waals surface area contributed by atoms with E-state index >= 15 is 0 Å². The van der Waals surface area contributed by atoms with E-state index in [1.807, 2.05) is 0 Å². The third-order valence-corrected chi connectivity index (χ3v) is 3.46. The van der Waals surface area contributed by atoms with Gasteiger partial charge in [-0.05, 0) is 12.2 Å². The van der Waals surface area contributed by atoms with Crippen LogP contribution < -0.4 is 4.74 Å². The molecule has 8 nitrogen and oxygen atoms in total. The van der Waals surface area contributed by atoms with E-state index in [9.17, 15) is 15.3 Å². The average molecular weight is 304 g/mol. The molecular weight excluding hydrogens is 288 g/mol. The lowest BCUT2D eigenvalue weighted by atomic mass is 9.98. The minimum absolute atomic E-state index is 0.0775. The molecule has 0 spiro atoms. The number of nitrogens with zero attached hydrogens (tertiary/aromatic N) is 2. The zero-order valence-electron chi connectivity index (χ0n) is 10.7. The second-order valence-corrected chi connectivity index (χ2v) is 4.74. The first-order valence-corrected chi connectivity index (χ1v) is 6.34. The van der Waals surface area contributed by atoms with Crippen molar-refractivity contribution in [3.8, 4) is 5.88 Å². The monoisotopic (exact) mass is 304 g/mol. The van der Waals surface area contributed by atoms with Gasteiger partial charge in [0.05, 0.1) is 13.7 Å². The van der Waals surface area contributed by atoms with Crippen LogP contribution in [0.5, 0.6) is 5.88 Å². The largest absolute Gasteiger partial charge is 0.481 e. The summed E-state index contributed by atoms with van der Waals surface area (Å²) >= 11 is 5.06. The summed E-state index contributed by atoms with van der Waals surface area (Å²) in [7, 11) is 1.44. The zero-order valence-corrected chi connectivity index (χ0v) is 11.5. The van der Waals surface area contributed by atoms with Gasteiger partial charge in [-0.2, -0.15) is 4.98 Å². The molecule has 1 aliphatic heterocycles. The molecular formula is C11H16N2O6S. The summed E-state index contributed by atoms with van der Waals surface area (Å²) in [4.78, 5) is 3.95. The van der Waals surface area contributed by atoms with Gasteiger partial charge in [0.25, 0.3) is 0 Å². The van der Waals surface area contributed by atoms with Crippen LogP contribution in [-0.2, 0) is 4.74 Å². The summed E-state index contributed by atoms with van der Waals surface area (Å²) in [6.45, 7) is -0.502. The molecule has 0 aliphatic carbocycles. The van der Waals surface area contributed by atoms with Crippen molar-refractivity contribution in [3.05, 3.63) is 17.0 Å². The van der Waals surface area contributed by atoms with Crippen molar-refractivity contribution in [3.63, 3.8) is 0 Å². The van der Waals surface area contributed by atoms with Crippen molar-refractivity contribution in [1.29, 1.82) is 0 Å². The molecule has 0 aromatic carbocycles. The van der Waals surface area contributed by atoms with E-state index in [-0.39, 0.29) is 4.77 Å². The van der Waals surface area contributed by atoms with Crippen molar-refractivity contribution in [2.75, 3.05) is 13.7 Å². The fourth-order valence-electron chi connectivity index (χ4n) is 2.02. The van der Waals surface area contributed by atoms with E-state index < -0.39 is 37.3 Å². The van der Waals surface area contributed by atoms with Gasteiger partial charge in [0.2, 0.25) is 10.7 Å². The van der Waals surface area contributed by atoms with Crippen LogP contribution >= 0.6 is 12.2 Å². The van der Waals surface area contributed by atoms with Crippen LogP contribution in [0.4, 0.5) is 0 Å². The van der Waals surface area contributed by atoms with Gasteiger partial charge in [0, 0.05) is 12.3 Å². The molecule has 1 aliphatic rings. The highest BCUT2D eigenvalue weighted by Gasteiger charge is 2.44. The lowest BCUT2D eigenvalue weighted by Gasteiger charge is -2.40. The third-order valence-electron chi connectivity index (χ3n) is 3.15. The maximum atomic E-state index is 9.98. The first-order chi connectivity index (χ1) is 9.49. The van der Waals surface area contributed by atoms with Gasteiger partial charge in [-0.3, -0.25) is 4.57 Å². The Bertz CT molecular complexity index is 522. The number of hydrogen-bond donors (Lipinski definition) is 4. The predicted octanol–water partition coefficient (Wildman–Crippen LogP) is -1.41. The van der Waals surface area contributed by atoms with Crippen LogP contribution in [0, 0.1) is 4.77 Å². The Kier molecular flexibility index (Phi) is 4.68. The highest BCUT2D eigenvalue weighted by Crippen LogP contribution is 2.28. The van der Waals surface area contributed by atoms with E-state index in [1.165, 1.54) is 23.9 Å². The van der Waals surface area contributed by atoms with Gasteiger partial charge in [-0.15, -0.1) is 0 Å². The first kappa shape index (κ1) is 15.3. The molecule has 5 atom stereocenters. The maximum Gasteiger partial charge on any atom is 0.217 e. The van der Waals surface area contributed by atoms with Crippen molar-refractivity contribution in [2.45, 2.75) is 30.6 Å². The fraction of sp³-hybridized carbons (Fsp3) is 0.636. The molecule has 0 bridgehead atoms. The van der Waals surface area contributed by atoms with Crippen LogP contribution in [0.2, 0.25) is 0 Å². The molecule has 0 radical (unpaired) electrons. The zero-order chi connectivity index (χ0) is 14.9. The summed E-state index contributed by atoms with van der Waals surface area (Å²) < 4.78 is 11.7. The van der Waals surface area contributed by atoms with Crippen LogP contribution in [0.1, 0.15) is 6.23 Å². The molecule has 2 heterocycles. The minimum atomic E-state index is -1.46. The Morgan fingerprint density at radius 2 is 2.05 bits per heavy atom. The van der Waals surface area contributed by atoms with Crippen LogP contribution in [0.3, 0.4) is 0 Å². The lowest BCUT2D eigenvalue weighted by Crippen LogP contribution is -2.56. The molecule has 0 amide bonds. The van der Waals surface area contributed by atoms with Gasteiger partial charge in [0.1, 0.15) is 24.4 Å². The van der Waals surface area contributed by atoms with Crippen LogP contribution in [-0.4, -0.2) is 68.1 Å². The van der Waals surface area contributed by atoms with E-state index in [1.54, 1.807) is 0 Å². The van der Waals surface area contributed by atoms with Gasteiger partial charge in [-0.1, -0.05) is 0 Å². The van der Waals surface area contributed by atoms with E-state index in [0.717, 1.165) is 0 Å². The predicted molar refractivity (Wildman–Crippen MR) is 68.6 cm³/mol. The number of rotatable bonds is 3. The number of ether oxygens (including phenoxy) is 2. The van der Waals surface area contributed by atoms with E-state index in [0.29, 0.717) is 5.88 Å². The highest BCUT2D eigenvalue weighted by atomic mass is 32.1. The number of hydrogen-bond acceptors (Lipinski definition) is 8. The Morgan fingerprint density at radius 3 is 2.60 bits per heavy atom. The lowest BCUT2D eigenvalue weighted by molar-refractivity contribution is -0.251. The number of aliphatic hydroxyl groups is 4. The standard InChI is InChI=1S/C11H16N2O6S/c1-18-6-2-3-13(11(20)12-6)10-9(17)8(16)7(15)5(4-14)19-10/h2-3,5,7-10,14-17H,4H2,1H3/t5-,7-,8+,9+,10+/m1/s1. The van der Waals surface area contributed by atoms with Crippen molar-refractivity contribution >= 4 is 12.2 Å². The average Bonchev–Trinajstić information content (AvgIpc) is 2.46. The molecule has 1 fully saturated rings. The molecule has 9 heteroatoms. The Labute approximate surface area is 119 Å². The summed E-state index contributed by atoms with van der Waals surface area (Å²) in [5.74, 6) is 0.302. The topological polar surface area (TPSA) is 117 Å². The first-order valence-electron chi connectivity index (χ1n) is 5.93. The van der Waals surface area contributed by atoms with Gasteiger partial charge >= 0.3 is 0 Å².